The Kier molecular flexibility index (Phi) is 8.05. The summed E-state index contributed by atoms with van der Waals surface area (Å²) in [5, 5.41) is 8.51. The third-order valence-corrected chi connectivity index (χ3v) is 3.21. The number of methoxy groups -OCH3 is 2. The molecule has 0 aromatic carbocycles. The van der Waals surface area contributed by atoms with Crippen LogP contribution in [0.2, 0.25) is 5.02 Å². The Labute approximate surface area is 120 Å². The van der Waals surface area contributed by atoms with Gasteiger partial charge in [-0.15, -0.1) is 0 Å². The van der Waals surface area contributed by atoms with Crippen molar-refractivity contribution in [1.82, 2.24) is 15.1 Å². The van der Waals surface area contributed by atoms with Gasteiger partial charge in [-0.3, -0.25) is 4.68 Å². The van der Waals surface area contributed by atoms with Gasteiger partial charge in [0.2, 0.25) is 0 Å². The number of nitrogens with zero attached hydrogens (tertiary/aromatic N) is 2. The molecule has 0 amide bonds. The summed E-state index contributed by atoms with van der Waals surface area (Å²) in [6.07, 6.45) is 3.64. The normalized spacial score (nSPS) is 12.8. The highest BCUT2D eigenvalue weighted by Crippen LogP contribution is 2.25. The monoisotopic (exact) mass is 289 g/mol. The molecule has 1 aromatic heterocycles. The third kappa shape index (κ3) is 5.10. The van der Waals surface area contributed by atoms with Crippen LogP contribution in [0.5, 0.6) is 0 Å². The highest BCUT2D eigenvalue weighted by molar-refractivity contribution is 6.31. The van der Waals surface area contributed by atoms with Gasteiger partial charge in [-0.2, -0.15) is 5.10 Å². The average Bonchev–Trinajstić information content (AvgIpc) is 2.78. The third-order valence-electron chi connectivity index (χ3n) is 2.92. The largest absolute Gasteiger partial charge is 0.385 e. The molecule has 0 aliphatic rings. The van der Waals surface area contributed by atoms with E-state index in [2.05, 4.69) is 17.3 Å². The van der Waals surface area contributed by atoms with Gasteiger partial charge in [0.25, 0.3) is 0 Å². The molecule has 1 unspecified atom stereocenters. The van der Waals surface area contributed by atoms with Gasteiger partial charge in [0, 0.05) is 20.8 Å². The predicted molar refractivity (Wildman–Crippen MR) is 76.6 cm³/mol. The van der Waals surface area contributed by atoms with Crippen LogP contribution in [0.4, 0.5) is 0 Å². The van der Waals surface area contributed by atoms with E-state index in [-0.39, 0.29) is 6.04 Å². The summed E-state index contributed by atoms with van der Waals surface area (Å²) in [6.45, 7) is 5.10. The molecule has 1 atom stereocenters. The van der Waals surface area contributed by atoms with E-state index in [0.717, 1.165) is 25.1 Å². The first kappa shape index (κ1) is 16.4. The van der Waals surface area contributed by atoms with Gasteiger partial charge in [-0.05, 0) is 19.4 Å². The van der Waals surface area contributed by atoms with Crippen LogP contribution in [-0.4, -0.2) is 43.8 Å². The molecular weight excluding hydrogens is 266 g/mol. The molecule has 19 heavy (non-hydrogen) atoms. The number of hydrogen-bond donors (Lipinski definition) is 1. The van der Waals surface area contributed by atoms with Gasteiger partial charge in [0.1, 0.15) is 0 Å². The predicted octanol–water partition coefficient (Wildman–Crippen LogP) is 2.26. The minimum absolute atomic E-state index is 0.159. The molecule has 6 heteroatoms. The molecule has 0 saturated heterocycles. The van der Waals surface area contributed by atoms with E-state index in [9.17, 15) is 0 Å². The minimum Gasteiger partial charge on any atom is -0.385 e. The molecule has 0 aliphatic carbocycles. The molecule has 0 aliphatic heterocycles. The number of nitrogens with one attached hydrogen (secondary N) is 1. The summed E-state index contributed by atoms with van der Waals surface area (Å²) >= 11 is 6.27. The lowest BCUT2D eigenvalue weighted by atomic mass is 10.1. The number of aromatic nitrogens is 2. The van der Waals surface area contributed by atoms with Gasteiger partial charge in [-0.25, -0.2) is 0 Å². The van der Waals surface area contributed by atoms with E-state index in [1.54, 1.807) is 20.4 Å². The van der Waals surface area contributed by atoms with Crippen LogP contribution in [0.1, 0.15) is 31.5 Å². The summed E-state index contributed by atoms with van der Waals surface area (Å²) in [6, 6.07) is 0.159. The molecular formula is C13H24ClN3O2. The fraction of sp³-hybridized carbons (Fsp3) is 0.769. The smallest absolute Gasteiger partial charge is 0.0834 e. The van der Waals surface area contributed by atoms with Crippen molar-refractivity contribution in [2.24, 2.45) is 0 Å². The lowest BCUT2D eigenvalue weighted by Gasteiger charge is -2.20. The molecule has 1 rings (SSSR count). The van der Waals surface area contributed by atoms with Crippen molar-refractivity contribution in [2.75, 3.05) is 34.0 Å². The van der Waals surface area contributed by atoms with Crippen LogP contribution in [0.15, 0.2) is 6.20 Å². The summed E-state index contributed by atoms with van der Waals surface area (Å²) < 4.78 is 12.2. The Morgan fingerprint density at radius 2 is 2.11 bits per heavy atom. The van der Waals surface area contributed by atoms with Gasteiger partial charge >= 0.3 is 0 Å². The van der Waals surface area contributed by atoms with Crippen LogP contribution in [0, 0.1) is 0 Å². The second-order valence-electron chi connectivity index (χ2n) is 4.38. The lowest BCUT2D eigenvalue weighted by molar-refractivity contribution is 0.173. The minimum atomic E-state index is 0.159. The Hall–Kier alpha value is -0.620. The standard InChI is InChI=1S/C13H24ClN3O2/c1-4-6-15-12(5-8-18-2)13-11(14)10-16-17(13)7-9-19-3/h10,12,15H,4-9H2,1-3H3. The maximum absolute atomic E-state index is 6.27. The van der Waals surface area contributed by atoms with E-state index < -0.39 is 0 Å². The van der Waals surface area contributed by atoms with E-state index in [1.165, 1.54) is 0 Å². The molecule has 1 heterocycles. The molecule has 0 radical (unpaired) electrons. The molecule has 0 spiro atoms. The second kappa shape index (κ2) is 9.31. The van der Waals surface area contributed by atoms with Crippen LogP contribution in [0.25, 0.3) is 0 Å². The van der Waals surface area contributed by atoms with E-state index in [4.69, 9.17) is 21.1 Å². The zero-order valence-electron chi connectivity index (χ0n) is 12.0. The van der Waals surface area contributed by atoms with Crippen LogP contribution in [-0.2, 0) is 16.0 Å². The molecule has 0 fully saturated rings. The van der Waals surface area contributed by atoms with Crippen LogP contribution < -0.4 is 5.32 Å². The molecule has 110 valence electrons. The Morgan fingerprint density at radius 3 is 2.74 bits per heavy atom. The molecule has 5 nitrogen and oxygen atoms in total. The Morgan fingerprint density at radius 1 is 1.37 bits per heavy atom. The quantitative estimate of drug-likeness (QED) is 0.718. The molecule has 1 aromatic rings. The van der Waals surface area contributed by atoms with E-state index in [0.29, 0.717) is 24.8 Å². The number of hydrogen-bond acceptors (Lipinski definition) is 4. The topological polar surface area (TPSA) is 48.3 Å². The lowest BCUT2D eigenvalue weighted by Crippen LogP contribution is -2.27. The van der Waals surface area contributed by atoms with Crippen molar-refractivity contribution in [2.45, 2.75) is 32.4 Å². The summed E-state index contributed by atoms with van der Waals surface area (Å²) in [7, 11) is 3.39. The first-order valence-corrected chi connectivity index (χ1v) is 7.04. The van der Waals surface area contributed by atoms with Crippen LogP contribution in [0.3, 0.4) is 0 Å². The Balaban J connectivity index is 2.82. The summed E-state index contributed by atoms with van der Waals surface area (Å²) in [4.78, 5) is 0. The first-order valence-electron chi connectivity index (χ1n) is 6.67. The molecule has 0 bridgehead atoms. The van der Waals surface area contributed by atoms with Gasteiger partial charge < -0.3 is 14.8 Å². The highest BCUT2D eigenvalue weighted by Gasteiger charge is 2.19. The van der Waals surface area contributed by atoms with Crippen molar-refractivity contribution in [3.63, 3.8) is 0 Å². The zero-order valence-corrected chi connectivity index (χ0v) is 12.7. The average molecular weight is 290 g/mol. The maximum atomic E-state index is 6.27. The van der Waals surface area contributed by atoms with Gasteiger partial charge in [-0.1, -0.05) is 18.5 Å². The van der Waals surface area contributed by atoms with Gasteiger partial charge in [0.15, 0.2) is 0 Å². The van der Waals surface area contributed by atoms with Crippen LogP contribution >= 0.6 is 11.6 Å². The van der Waals surface area contributed by atoms with Gasteiger partial charge in [0.05, 0.1) is 36.1 Å². The molecule has 0 saturated carbocycles. The van der Waals surface area contributed by atoms with E-state index in [1.807, 2.05) is 4.68 Å². The van der Waals surface area contributed by atoms with E-state index >= 15 is 0 Å². The fourth-order valence-corrected chi connectivity index (χ4v) is 2.24. The number of halogens is 1. The maximum Gasteiger partial charge on any atom is 0.0834 e. The summed E-state index contributed by atoms with van der Waals surface area (Å²) in [5.41, 5.74) is 1.02. The molecule has 1 N–H and O–H groups in total. The van der Waals surface area contributed by atoms with Crippen molar-refractivity contribution in [3.8, 4) is 0 Å². The van der Waals surface area contributed by atoms with Crippen molar-refractivity contribution in [1.29, 1.82) is 0 Å². The fourth-order valence-electron chi connectivity index (χ4n) is 1.96. The number of ether oxygens (including phenoxy) is 2. The van der Waals surface area contributed by atoms with Crippen molar-refractivity contribution < 1.29 is 9.47 Å². The van der Waals surface area contributed by atoms with Crippen molar-refractivity contribution in [3.05, 3.63) is 16.9 Å². The SMILES string of the molecule is CCCNC(CCOC)c1c(Cl)cnn1CCOC. The Bertz CT molecular complexity index is 350. The first-order chi connectivity index (χ1) is 9.24. The summed E-state index contributed by atoms with van der Waals surface area (Å²) in [5.74, 6) is 0. The van der Waals surface area contributed by atoms with Crippen molar-refractivity contribution >= 4 is 11.6 Å². The number of rotatable bonds is 10. The second-order valence-corrected chi connectivity index (χ2v) is 4.79. The highest BCUT2D eigenvalue weighted by atomic mass is 35.5. The zero-order chi connectivity index (χ0) is 14.1.